The lowest BCUT2D eigenvalue weighted by Crippen LogP contribution is -2.32. The molecule has 0 aliphatic rings. The Hall–Kier alpha value is -1.36. The van der Waals surface area contributed by atoms with E-state index in [9.17, 15) is 4.79 Å². The van der Waals surface area contributed by atoms with Crippen molar-refractivity contribution in [3.8, 4) is 0 Å². The van der Waals surface area contributed by atoms with Crippen molar-refractivity contribution in [1.82, 2.24) is 0 Å². The molecule has 4 N–H and O–H groups in total. The van der Waals surface area contributed by atoms with Gasteiger partial charge in [-0.2, -0.15) is 11.8 Å². The van der Waals surface area contributed by atoms with Crippen molar-refractivity contribution >= 4 is 29.1 Å². The minimum Gasteiger partial charge on any atom is -0.478 e. The number of carboxylic acid groups (broad SMARTS) is 1. The lowest BCUT2D eigenvalue weighted by atomic mass is 10.0. The molecule has 1 aromatic carbocycles. The number of nitrogens with one attached hydrogen (secondary N) is 1. The van der Waals surface area contributed by atoms with Crippen molar-refractivity contribution in [3.05, 3.63) is 23.3 Å². The molecule has 112 valence electrons. The van der Waals surface area contributed by atoms with Gasteiger partial charge in [0.15, 0.2) is 0 Å². The van der Waals surface area contributed by atoms with Gasteiger partial charge in [-0.25, -0.2) is 4.79 Å². The fraction of sp³-hybridized carbons (Fsp3) is 0.533. The molecule has 0 saturated carbocycles. The van der Waals surface area contributed by atoms with E-state index in [0.29, 0.717) is 5.69 Å². The lowest BCUT2D eigenvalue weighted by molar-refractivity contribution is 0.0698. The summed E-state index contributed by atoms with van der Waals surface area (Å²) in [4.78, 5) is 11.2. The first kappa shape index (κ1) is 16.7. The number of nitrogens with two attached hydrogens (primary N) is 1. The Kier molecular flexibility index (Phi) is 5.74. The van der Waals surface area contributed by atoms with Gasteiger partial charge in [-0.1, -0.05) is 13.8 Å². The van der Waals surface area contributed by atoms with Gasteiger partial charge in [0.05, 0.1) is 5.56 Å². The summed E-state index contributed by atoms with van der Waals surface area (Å²) in [6.07, 6.45) is 4.25. The van der Waals surface area contributed by atoms with Gasteiger partial charge in [-0.15, -0.1) is 0 Å². The number of aryl methyl sites for hydroxylation is 1. The van der Waals surface area contributed by atoms with Crippen LogP contribution in [0.25, 0.3) is 0 Å². The van der Waals surface area contributed by atoms with E-state index < -0.39 is 5.97 Å². The number of benzene rings is 1. The Morgan fingerprint density at radius 3 is 2.45 bits per heavy atom. The Balaban J connectivity index is 2.96. The van der Waals surface area contributed by atoms with Crippen molar-refractivity contribution in [1.29, 1.82) is 0 Å². The second-order valence-corrected chi connectivity index (χ2v) is 6.28. The molecule has 0 radical (unpaired) electrons. The van der Waals surface area contributed by atoms with E-state index in [1.54, 1.807) is 6.07 Å². The molecule has 4 nitrogen and oxygen atoms in total. The number of anilines is 2. The highest BCUT2D eigenvalue weighted by molar-refractivity contribution is 8.00. The SMILES string of the molecule is CCC(CC)(CNc1cc(C)c(N)c(C(=O)O)c1)SC. The summed E-state index contributed by atoms with van der Waals surface area (Å²) in [5, 5.41) is 12.5. The van der Waals surface area contributed by atoms with E-state index in [1.165, 1.54) is 0 Å². The molecule has 5 heteroatoms. The van der Waals surface area contributed by atoms with Crippen LogP contribution in [0.1, 0.15) is 42.6 Å². The normalized spacial score (nSPS) is 11.4. The first-order valence-corrected chi connectivity index (χ1v) is 8.04. The zero-order chi connectivity index (χ0) is 15.3. The summed E-state index contributed by atoms with van der Waals surface area (Å²) in [6.45, 7) is 7.00. The van der Waals surface area contributed by atoms with E-state index in [-0.39, 0.29) is 10.3 Å². The molecule has 1 aromatic rings. The van der Waals surface area contributed by atoms with Crippen LogP contribution in [0, 0.1) is 6.92 Å². The van der Waals surface area contributed by atoms with Crippen LogP contribution in [-0.2, 0) is 0 Å². The van der Waals surface area contributed by atoms with Gasteiger partial charge in [-0.05, 0) is 43.7 Å². The van der Waals surface area contributed by atoms with Crippen molar-refractivity contribution in [2.24, 2.45) is 0 Å². The molecule has 0 amide bonds. The van der Waals surface area contributed by atoms with Gasteiger partial charge in [0.25, 0.3) is 0 Å². The van der Waals surface area contributed by atoms with Crippen LogP contribution in [-0.4, -0.2) is 28.6 Å². The number of hydrogen-bond donors (Lipinski definition) is 3. The molecule has 0 unspecified atom stereocenters. The van der Waals surface area contributed by atoms with Crippen LogP contribution in [0.3, 0.4) is 0 Å². The van der Waals surface area contributed by atoms with Crippen molar-refractivity contribution in [3.63, 3.8) is 0 Å². The van der Waals surface area contributed by atoms with Crippen LogP contribution in [0.4, 0.5) is 11.4 Å². The maximum absolute atomic E-state index is 11.2. The second-order valence-electron chi connectivity index (χ2n) is 5.01. The Morgan fingerprint density at radius 1 is 1.40 bits per heavy atom. The largest absolute Gasteiger partial charge is 0.478 e. The van der Waals surface area contributed by atoms with E-state index in [2.05, 4.69) is 25.4 Å². The third-order valence-corrected chi connectivity index (χ3v) is 5.54. The van der Waals surface area contributed by atoms with Gasteiger partial charge < -0.3 is 16.2 Å². The van der Waals surface area contributed by atoms with E-state index >= 15 is 0 Å². The Morgan fingerprint density at radius 2 is 2.00 bits per heavy atom. The summed E-state index contributed by atoms with van der Waals surface area (Å²) in [6, 6.07) is 3.51. The van der Waals surface area contributed by atoms with Crippen molar-refractivity contribution in [2.75, 3.05) is 23.9 Å². The molecule has 0 aliphatic carbocycles. The predicted molar refractivity (Wildman–Crippen MR) is 87.9 cm³/mol. The van der Waals surface area contributed by atoms with Crippen LogP contribution in [0.15, 0.2) is 12.1 Å². The highest BCUT2D eigenvalue weighted by atomic mass is 32.2. The van der Waals surface area contributed by atoms with Gasteiger partial charge >= 0.3 is 5.97 Å². The zero-order valence-corrected chi connectivity index (χ0v) is 13.4. The number of carboxylic acids is 1. The lowest BCUT2D eigenvalue weighted by Gasteiger charge is -2.30. The second kappa shape index (κ2) is 6.88. The van der Waals surface area contributed by atoms with Crippen LogP contribution < -0.4 is 11.1 Å². The summed E-state index contributed by atoms with van der Waals surface area (Å²) < 4.78 is 0.179. The summed E-state index contributed by atoms with van der Waals surface area (Å²) in [5.74, 6) is -0.989. The van der Waals surface area contributed by atoms with Gasteiger partial charge in [0, 0.05) is 22.7 Å². The molecule has 0 fully saturated rings. The quantitative estimate of drug-likeness (QED) is 0.670. The molecular weight excluding hydrogens is 272 g/mol. The molecule has 0 heterocycles. The molecular formula is C15H24N2O2S. The number of nitrogen functional groups attached to an aromatic ring is 1. The average Bonchev–Trinajstić information content (AvgIpc) is 2.44. The fourth-order valence-corrected chi connectivity index (χ4v) is 3.00. The molecule has 0 aliphatic heterocycles. The monoisotopic (exact) mass is 296 g/mol. The first-order chi connectivity index (χ1) is 9.39. The number of hydrogen-bond acceptors (Lipinski definition) is 4. The number of rotatable bonds is 7. The average molecular weight is 296 g/mol. The highest BCUT2D eigenvalue weighted by Crippen LogP contribution is 2.31. The smallest absolute Gasteiger partial charge is 0.337 e. The number of carbonyl (C=O) groups is 1. The minimum atomic E-state index is -0.989. The molecule has 0 bridgehead atoms. The molecule has 20 heavy (non-hydrogen) atoms. The fourth-order valence-electron chi connectivity index (χ4n) is 2.20. The Labute approximate surface area is 125 Å². The molecule has 0 aromatic heterocycles. The van der Waals surface area contributed by atoms with E-state index in [1.807, 2.05) is 24.8 Å². The third-order valence-electron chi connectivity index (χ3n) is 3.95. The highest BCUT2D eigenvalue weighted by Gasteiger charge is 2.24. The van der Waals surface area contributed by atoms with Crippen LogP contribution in [0.5, 0.6) is 0 Å². The molecule has 0 atom stereocenters. The maximum Gasteiger partial charge on any atom is 0.337 e. The summed E-state index contributed by atoms with van der Waals surface area (Å²) in [7, 11) is 0. The molecule has 0 saturated heterocycles. The van der Waals surface area contributed by atoms with Crippen molar-refractivity contribution < 1.29 is 9.90 Å². The molecule has 1 rings (SSSR count). The standard InChI is InChI=1S/C15H24N2O2S/c1-5-15(6-2,20-4)9-17-11-7-10(3)13(16)12(8-11)14(18)19/h7-8,17H,5-6,9,16H2,1-4H3,(H,18,19). The van der Waals surface area contributed by atoms with Crippen LogP contribution in [0.2, 0.25) is 0 Å². The maximum atomic E-state index is 11.2. The Bertz CT molecular complexity index is 477. The summed E-state index contributed by atoms with van der Waals surface area (Å²) >= 11 is 1.85. The minimum absolute atomic E-state index is 0.162. The molecule has 0 spiro atoms. The topological polar surface area (TPSA) is 75.3 Å². The number of thioether (sulfide) groups is 1. The van der Waals surface area contributed by atoms with Gasteiger partial charge in [0.1, 0.15) is 0 Å². The van der Waals surface area contributed by atoms with Crippen LogP contribution >= 0.6 is 11.8 Å². The number of aromatic carboxylic acids is 1. The van der Waals surface area contributed by atoms with Gasteiger partial charge in [0.2, 0.25) is 0 Å². The van der Waals surface area contributed by atoms with E-state index in [4.69, 9.17) is 10.8 Å². The predicted octanol–water partition coefficient (Wildman–Crippen LogP) is 3.61. The van der Waals surface area contributed by atoms with Gasteiger partial charge in [-0.3, -0.25) is 0 Å². The third kappa shape index (κ3) is 3.60. The first-order valence-electron chi connectivity index (χ1n) is 6.81. The van der Waals surface area contributed by atoms with Crippen molar-refractivity contribution in [2.45, 2.75) is 38.4 Å². The summed E-state index contributed by atoms with van der Waals surface area (Å²) in [5.41, 5.74) is 7.90. The zero-order valence-electron chi connectivity index (χ0n) is 12.6. The van der Waals surface area contributed by atoms with E-state index in [0.717, 1.165) is 30.6 Å².